The lowest BCUT2D eigenvalue weighted by Gasteiger charge is -2.22. The van der Waals surface area contributed by atoms with Crippen LogP contribution in [0.25, 0.3) is 0 Å². The molecule has 0 bridgehead atoms. The molecule has 1 N–H and O–H groups in total. The van der Waals surface area contributed by atoms with E-state index in [0.29, 0.717) is 31.1 Å². The molecule has 0 saturated carbocycles. The summed E-state index contributed by atoms with van der Waals surface area (Å²) in [6.07, 6.45) is 1.30. The smallest absolute Gasteiger partial charge is 0.387 e. The molecule has 0 aromatic heterocycles. The Morgan fingerprint density at radius 3 is 2.82 bits per heavy atom. The van der Waals surface area contributed by atoms with Gasteiger partial charge in [-0.25, -0.2) is 0 Å². The maximum absolute atomic E-state index is 12.5. The van der Waals surface area contributed by atoms with Gasteiger partial charge < -0.3 is 15.0 Å². The Kier molecular flexibility index (Phi) is 5.57. The Labute approximate surface area is 129 Å². The summed E-state index contributed by atoms with van der Waals surface area (Å²) < 4.78 is 29.5. The molecule has 6 heteroatoms. The van der Waals surface area contributed by atoms with Gasteiger partial charge in [0, 0.05) is 25.6 Å². The van der Waals surface area contributed by atoms with Gasteiger partial charge in [0.05, 0.1) is 5.69 Å². The third kappa shape index (κ3) is 4.58. The lowest BCUT2D eigenvalue weighted by Crippen LogP contribution is -2.37. The van der Waals surface area contributed by atoms with Gasteiger partial charge in [0.2, 0.25) is 5.91 Å². The van der Waals surface area contributed by atoms with Crippen LogP contribution >= 0.6 is 0 Å². The highest BCUT2D eigenvalue weighted by Gasteiger charge is 2.26. The van der Waals surface area contributed by atoms with Crippen LogP contribution in [0.1, 0.15) is 26.7 Å². The number of halogens is 2. The first kappa shape index (κ1) is 16.5. The summed E-state index contributed by atoms with van der Waals surface area (Å²) in [5.41, 5.74) is 0.642. The SMILES string of the molecule is CC(C)CC(=O)N[C@@H]1CCN(c2ccccc2OC(F)F)C1. The van der Waals surface area contributed by atoms with Crippen molar-refractivity contribution in [2.24, 2.45) is 5.92 Å². The van der Waals surface area contributed by atoms with Crippen molar-refractivity contribution >= 4 is 11.6 Å². The first-order valence-electron chi connectivity index (χ1n) is 7.54. The summed E-state index contributed by atoms with van der Waals surface area (Å²) in [5.74, 6) is 0.531. The average Bonchev–Trinajstić information content (AvgIpc) is 2.85. The minimum Gasteiger partial charge on any atom is -0.433 e. The van der Waals surface area contributed by atoms with E-state index in [0.717, 1.165) is 6.42 Å². The van der Waals surface area contributed by atoms with E-state index in [9.17, 15) is 13.6 Å². The molecular weight excluding hydrogens is 290 g/mol. The fourth-order valence-electron chi connectivity index (χ4n) is 2.67. The Morgan fingerprint density at radius 2 is 2.14 bits per heavy atom. The van der Waals surface area contributed by atoms with Gasteiger partial charge in [-0.15, -0.1) is 0 Å². The number of alkyl halides is 2. The first-order chi connectivity index (χ1) is 10.5. The van der Waals surface area contributed by atoms with Gasteiger partial charge in [0.1, 0.15) is 5.75 Å². The molecule has 0 unspecified atom stereocenters. The van der Waals surface area contributed by atoms with Gasteiger partial charge in [-0.3, -0.25) is 4.79 Å². The molecule has 1 heterocycles. The van der Waals surface area contributed by atoms with E-state index >= 15 is 0 Å². The molecule has 4 nitrogen and oxygen atoms in total. The number of para-hydroxylation sites is 2. The second-order valence-corrected chi connectivity index (χ2v) is 5.94. The molecule has 1 fully saturated rings. The van der Waals surface area contributed by atoms with Crippen molar-refractivity contribution in [3.63, 3.8) is 0 Å². The van der Waals surface area contributed by atoms with Crippen LogP contribution in [-0.4, -0.2) is 31.7 Å². The highest BCUT2D eigenvalue weighted by atomic mass is 19.3. The predicted molar refractivity (Wildman–Crippen MR) is 81.3 cm³/mol. The maximum Gasteiger partial charge on any atom is 0.387 e. The van der Waals surface area contributed by atoms with E-state index in [2.05, 4.69) is 10.1 Å². The zero-order valence-electron chi connectivity index (χ0n) is 12.9. The highest BCUT2D eigenvalue weighted by molar-refractivity contribution is 5.76. The van der Waals surface area contributed by atoms with E-state index in [-0.39, 0.29) is 17.7 Å². The first-order valence-corrected chi connectivity index (χ1v) is 7.54. The molecule has 0 spiro atoms. The highest BCUT2D eigenvalue weighted by Crippen LogP contribution is 2.31. The number of rotatable bonds is 6. The van der Waals surface area contributed by atoms with Gasteiger partial charge in [0.25, 0.3) is 0 Å². The second kappa shape index (κ2) is 7.42. The standard InChI is InChI=1S/C16H22F2N2O2/c1-11(2)9-15(21)19-12-7-8-20(10-12)13-5-3-4-6-14(13)22-16(17)18/h3-6,11-12,16H,7-10H2,1-2H3,(H,19,21)/t12-/m1/s1. The summed E-state index contributed by atoms with van der Waals surface area (Å²) in [7, 11) is 0. The number of nitrogens with zero attached hydrogens (tertiary/aromatic N) is 1. The molecule has 0 aliphatic carbocycles. The van der Waals surface area contributed by atoms with Crippen LogP contribution in [0.5, 0.6) is 5.75 Å². The number of hydrogen-bond acceptors (Lipinski definition) is 3. The fraction of sp³-hybridized carbons (Fsp3) is 0.562. The summed E-state index contributed by atoms with van der Waals surface area (Å²) in [6, 6.07) is 6.80. The van der Waals surface area contributed by atoms with E-state index in [1.54, 1.807) is 18.2 Å². The number of hydrogen-bond donors (Lipinski definition) is 1. The van der Waals surface area contributed by atoms with E-state index in [1.807, 2.05) is 18.7 Å². The van der Waals surface area contributed by atoms with Crippen molar-refractivity contribution in [3.05, 3.63) is 24.3 Å². The summed E-state index contributed by atoms with van der Waals surface area (Å²) in [6.45, 7) is 2.46. The lowest BCUT2D eigenvalue weighted by atomic mass is 10.1. The topological polar surface area (TPSA) is 41.6 Å². The molecule has 1 aromatic rings. The number of amides is 1. The molecule has 1 saturated heterocycles. The van der Waals surface area contributed by atoms with Gasteiger partial charge in [-0.1, -0.05) is 26.0 Å². The van der Waals surface area contributed by atoms with Gasteiger partial charge in [0.15, 0.2) is 0 Å². The van der Waals surface area contributed by atoms with Crippen molar-refractivity contribution in [2.75, 3.05) is 18.0 Å². The third-order valence-electron chi connectivity index (χ3n) is 3.57. The number of nitrogens with one attached hydrogen (secondary N) is 1. The summed E-state index contributed by atoms with van der Waals surface area (Å²) in [5, 5.41) is 3.00. The van der Waals surface area contributed by atoms with Crippen LogP contribution in [0.4, 0.5) is 14.5 Å². The van der Waals surface area contributed by atoms with E-state index in [4.69, 9.17) is 0 Å². The van der Waals surface area contributed by atoms with Crippen molar-refractivity contribution in [2.45, 2.75) is 39.3 Å². The van der Waals surface area contributed by atoms with Crippen molar-refractivity contribution in [3.8, 4) is 5.75 Å². The van der Waals surface area contributed by atoms with Crippen LogP contribution in [0.3, 0.4) is 0 Å². The quantitative estimate of drug-likeness (QED) is 0.878. The monoisotopic (exact) mass is 312 g/mol. The van der Waals surface area contributed by atoms with Crippen molar-refractivity contribution in [1.29, 1.82) is 0 Å². The zero-order chi connectivity index (χ0) is 16.1. The van der Waals surface area contributed by atoms with Crippen LogP contribution in [0.2, 0.25) is 0 Å². The van der Waals surface area contributed by atoms with Gasteiger partial charge in [-0.05, 0) is 24.5 Å². The van der Waals surface area contributed by atoms with Crippen LogP contribution in [0, 0.1) is 5.92 Å². The molecule has 0 radical (unpaired) electrons. The minimum absolute atomic E-state index is 0.0407. The Morgan fingerprint density at radius 1 is 1.41 bits per heavy atom. The zero-order valence-corrected chi connectivity index (χ0v) is 12.9. The number of carbonyl (C=O) groups is 1. The number of carbonyl (C=O) groups excluding carboxylic acids is 1. The van der Waals surface area contributed by atoms with Crippen LogP contribution in [0.15, 0.2) is 24.3 Å². The molecule has 122 valence electrons. The molecule has 22 heavy (non-hydrogen) atoms. The molecule has 1 amide bonds. The molecule has 1 aliphatic heterocycles. The predicted octanol–water partition coefficient (Wildman–Crippen LogP) is 3.03. The third-order valence-corrected chi connectivity index (χ3v) is 3.57. The second-order valence-electron chi connectivity index (χ2n) is 5.94. The molecular formula is C16H22F2N2O2. The van der Waals surface area contributed by atoms with Crippen molar-refractivity contribution < 1.29 is 18.3 Å². The van der Waals surface area contributed by atoms with Gasteiger partial charge >= 0.3 is 6.61 Å². The number of anilines is 1. The lowest BCUT2D eigenvalue weighted by molar-refractivity contribution is -0.122. The molecule has 1 aliphatic rings. The van der Waals surface area contributed by atoms with Gasteiger partial charge in [-0.2, -0.15) is 8.78 Å². The summed E-state index contributed by atoms with van der Waals surface area (Å²) in [4.78, 5) is 13.8. The van der Waals surface area contributed by atoms with E-state index in [1.165, 1.54) is 6.07 Å². The normalized spacial score (nSPS) is 18.1. The molecule has 1 atom stereocenters. The number of ether oxygens (including phenoxy) is 1. The molecule has 2 rings (SSSR count). The van der Waals surface area contributed by atoms with Crippen LogP contribution in [-0.2, 0) is 4.79 Å². The average molecular weight is 312 g/mol. The Bertz CT molecular complexity index is 509. The summed E-state index contributed by atoms with van der Waals surface area (Å²) >= 11 is 0. The Hall–Kier alpha value is -1.85. The Balaban J connectivity index is 1.97. The largest absolute Gasteiger partial charge is 0.433 e. The fourth-order valence-corrected chi connectivity index (χ4v) is 2.67. The minimum atomic E-state index is -2.84. The van der Waals surface area contributed by atoms with Crippen LogP contribution < -0.4 is 15.0 Å². The van der Waals surface area contributed by atoms with E-state index < -0.39 is 6.61 Å². The number of benzene rings is 1. The molecule has 1 aromatic carbocycles. The maximum atomic E-state index is 12.5. The van der Waals surface area contributed by atoms with Crippen molar-refractivity contribution in [1.82, 2.24) is 5.32 Å².